The summed E-state index contributed by atoms with van der Waals surface area (Å²) in [4.78, 5) is 25.8. The lowest BCUT2D eigenvalue weighted by atomic mass is 10.2. The molecule has 1 heterocycles. The summed E-state index contributed by atoms with van der Waals surface area (Å²) in [5, 5.41) is 0. The summed E-state index contributed by atoms with van der Waals surface area (Å²) >= 11 is 0. The summed E-state index contributed by atoms with van der Waals surface area (Å²) in [5.74, 6) is -0.966. The van der Waals surface area contributed by atoms with E-state index in [2.05, 4.69) is 4.72 Å². The Morgan fingerprint density at radius 1 is 1.00 bits per heavy atom. The maximum atomic E-state index is 12.5. The van der Waals surface area contributed by atoms with Crippen molar-refractivity contribution in [2.45, 2.75) is 24.3 Å². The van der Waals surface area contributed by atoms with Crippen LogP contribution in [0.5, 0.6) is 0 Å². The van der Waals surface area contributed by atoms with E-state index in [0.717, 1.165) is 18.4 Å². The summed E-state index contributed by atoms with van der Waals surface area (Å²) < 4.78 is 32.6. The number of hydrogen-bond donors (Lipinski definition) is 1. The van der Waals surface area contributed by atoms with Crippen LogP contribution in [0.2, 0.25) is 0 Å². The average molecular weight is 402 g/mol. The molecule has 148 valence electrons. The Bertz CT molecular complexity index is 938. The van der Waals surface area contributed by atoms with Crippen LogP contribution in [0.3, 0.4) is 0 Å². The maximum absolute atomic E-state index is 12.5. The van der Waals surface area contributed by atoms with Crippen LogP contribution in [0.4, 0.5) is 0 Å². The molecule has 1 fully saturated rings. The van der Waals surface area contributed by atoms with Crippen molar-refractivity contribution in [3.05, 3.63) is 65.7 Å². The van der Waals surface area contributed by atoms with Crippen LogP contribution in [0.1, 0.15) is 28.8 Å². The van der Waals surface area contributed by atoms with E-state index in [1.54, 1.807) is 4.90 Å². The molecule has 2 aromatic carbocycles. The molecule has 1 N–H and O–H groups in total. The van der Waals surface area contributed by atoms with Gasteiger partial charge in [0.2, 0.25) is 10.0 Å². The lowest BCUT2D eigenvalue weighted by molar-refractivity contribution is -0.133. The van der Waals surface area contributed by atoms with Gasteiger partial charge in [-0.1, -0.05) is 36.4 Å². The second-order valence-corrected chi connectivity index (χ2v) is 8.27. The van der Waals surface area contributed by atoms with Gasteiger partial charge in [0.15, 0.2) is 6.61 Å². The van der Waals surface area contributed by atoms with Crippen LogP contribution in [0, 0.1) is 0 Å². The standard InChI is InChI=1S/C20H22N2O5S/c23-19(22-11-4-5-12-22)15-27-20(24)17-9-6-10-18(13-17)28(25,26)21-14-16-7-2-1-3-8-16/h1-3,6-10,13,21H,4-5,11-12,14-15H2. The highest BCUT2D eigenvalue weighted by molar-refractivity contribution is 7.89. The molecular weight excluding hydrogens is 380 g/mol. The minimum absolute atomic E-state index is 0.0382. The van der Waals surface area contributed by atoms with Gasteiger partial charge in [-0.05, 0) is 36.6 Å². The van der Waals surface area contributed by atoms with Gasteiger partial charge in [0, 0.05) is 19.6 Å². The summed E-state index contributed by atoms with van der Waals surface area (Å²) in [5.41, 5.74) is 0.902. The number of benzene rings is 2. The molecule has 0 radical (unpaired) electrons. The predicted molar refractivity (Wildman–Crippen MR) is 103 cm³/mol. The molecule has 1 aliphatic heterocycles. The fourth-order valence-corrected chi connectivity index (χ4v) is 3.98. The number of esters is 1. The first-order valence-electron chi connectivity index (χ1n) is 9.04. The summed E-state index contributed by atoms with van der Waals surface area (Å²) in [6, 6.07) is 14.7. The number of ether oxygens (including phenoxy) is 1. The SMILES string of the molecule is O=C(OCC(=O)N1CCCC1)c1cccc(S(=O)(=O)NCc2ccccc2)c1. The van der Waals surface area contributed by atoms with Gasteiger partial charge in [0.05, 0.1) is 10.5 Å². The molecular formula is C20H22N2O5S. The van der Waals surface area contributed by atoms with Crippen LogP contribution in [-0.4, -0.2) is 44.9 Å². The molecule has 28 heavy (non-hydrogen) atoms. The molecule has 0 atom stereocenters. The van der Waals surface area contributed by atoms with Gasteiger partial charge in [-0.15, -0.1) is 0 Å². The summed E-state index contributed by atoms with van der Waals surface area (Å²) in [7, 11) is -3.79. The average Bonchev–Trinajstić information content (AvgIpc) is 3.26. The smallest absolute Gasteiger partial charge is 0.338 e. The second-order valence-electron chi connectivity index (χ2n) is 6.50. The molecule has 3 rings (SSSR count). The van der Waals surface area contributed by atoms with Crippen LogP contribution in [0.25, 0.3) is 0 Å². The number of rotatable bonds is 7. The molecule has 2 aromatic rings. The molecule has 1 amide bonds. The molecule has 8 heteroatoms. The Kier molecular flexibility index (Phi) is 6.43. The zero-order chi connectivity index (χ0) is 20.0. The van der Waals surface area contributed by atoms with Gasteiger partial charge in [-0.2, -0.15) is 0 Å². The molecule has 0 aromatic heterocycles. The summed E-state index contributed by atoms with van der Waals surface area (Å²) in [6.07, 6.45) is 1.91. The maximum Gasteiger partial charge on any atom is 0.338 e. The number of amides is 1. The van der Waals surface area contributed by atoms with Gasteiger partial charge < -0.3 is 9.64 Å². The van der Waals surface area contributed by atoms with Crippen molar-refractivity contribution in [2.24, 2.45) is 0 Å². The predicted octanol–water partition coefficient (Wildman–Crippen LogP) is 1.94. The van der Waals surface area contributed by atoms with Crippen molar-refractivity contribution in [1.82, 2.24) is 9.62 Å². The molecule has 0 saturated carbocycles. The first-order chi connectivity index (χ1) is 13.5. The van der Waals surface area contributed by atoms with Gasteiger partial charge in [-0.25, -0.2) is 17.9 Å². The number of nitrogens with zero attached hydrogens (tertiary/aromatic N) is 1. The fourth-order valence-electron chi connectivity index (χ4n) is 2.92. The lowest BCUT2D eigenvalue weighted by Crippen LogP contribution is -2.32. The second kappa shape index (κ2) is 8.99. The highest BCUT2D eigenvalue weighted by Gasteiger charge is 2.21. The van der Waals surface area contributed by atoms with Crippen LogP contribution in [0.15, 0.2) is 59.5 Å². The van der Waals surface area contributed by atoms with Crippen LogP contribution in [-0.2, 0) is 26.1 Å². The van der Waals surface area contributed by atoms with Crippen molar-refractivity contribution in [2.75, 3.05) is 19.7 Å². The Morgan fingerprint density at radius 2 is 1.71 bits per heavy atom. The van der Waals surface area contributed by atoms with Crippen molar-refractivity contribution in [1.29, 1.82) is 0 Å². The zero-order valence-electron chi connectivity index (χ0n) is 15.3. The van der Waals surface area contributed by atoms with E-state index in [4.69, 9.17) is 4.74 Å². The highest BCUT2D eigenvalue weighted by Crippen LogP contribution is 2.14. The zero-order valence-corrected chi connectivity index (χ0v) is 16.2. The highest BCUT2D eigenvalue weighted by atomic mass is 32.2. The van der Waals surface area contributed by atoms with Crippen molar-refractivity contribution >= 4 is 21.9 Å². The largest absolute Gasteiger partial charge is 0.452 e. The number of sulfonamides is 1. The van der Waals surface area contributed by atoms with Crippen LogP contribution < -0.4 is 4.72 Å². The van der Waals surface area contributed by atoms with Gasteiger partial charge in [-0.3, -0.25) is 4.79 Å². The van der Waals surface area contributed by atoms with E-state index in [9.17, 15) is 18.0 Å². The van der Waals surface area contributed by atoms with E-state index >= 15 is 0 Å². The Morgan fingerprint density at radius 3 is 2.43 bits per heavy atom. The molecule has 0 aliphatic carbocycles. The number of carbonyl (C=O) groups excluding carboxylic acids is 2. The molecule has 0 bridgehead atoms. The van der Waals surface area contributed by atoms with Crippen LogP contribution >= 0.6 is 0 Å². The minimum Gasteiger partial charge on any atom is -0.452 e. The number of likely N-dealkylation sites (tertiary alicyclic amines) is 1. The van der Waals surface area contributed by atoms with Gasteiger partial charge in [0.25, 0.3) is 5.91 Å². The quantitative estimate of drug-likeness (QED) is 0.715. The monoisotopic (exact) mass is 402 g/mol. The third kappa shape index (κ3) is 5.17. The minimum atomic E-state index is -3.79. The van der Waals surface area contributed by atoms with Gasteiger partial charge >= 0.3 is 5.97 Å². The third-order valence-corrected chi connectivity index (χ3v) is 5.87. The van der Waals surface area contributed by atoms with Crippen molar-refractivity contribution < 1.29 is 22.7 Å². The third-order valence-electron chi connectivity index (χ3n) is 4.47. The number of nitrogens with one attached hydrogen (secondary N) is 1. The normalized spacial score (nSPS) is 14.1. The first-order valence-corrected chi connectivity index (χ1v) is 10.5. The topological polar surface area (TPSA) is 92.8 Å². The Labute approximate surface area is 164 Å². The number of carbonyl (C=O) groups is 2. The van der Waals surface area contributed by atoms with Crippen molar-refractivity contribution in [3.8, 4) is 0 Å². The van der Waals surface area contributed by atoms with E-state index in [1.807, 2.05) is 30.3 Å². The molecule has 1 saturated heterocycles. The van der Waals surface area contributed by atoms with Crippen molar-refractivity contribution in [3.63, 3.8) is 0 Å². The van der Waals surface area contributed by atoms with Gasteiger partial charge in [0.1, 0.15) is 0 Å². The first kappa shape index (κ1) is 20.0. The van der Waals surface area contributed by atoms with E-state index < -0.39 is 16.0 Å². The number of hydrogen-bond acceptors (Lipinski definition) is 5. The lowest BCUT2D eigenvalue weighted by Gasteiger charge is -2.15. The Hall–Kier alpha value is -2.71. The Balaban J connectivity index is 1.62. The molecule has 1 aliphatic rings. The molecule has 0 unspecified atom stereocenters. The fraction of sp³-hybridized carbons (Fsp3) is 0.300. The van der Waals surface area contributed by atoms with E-state index in [-0.39, 0.29) is 29.5 Å². The van der Waals surface area contributed by atoms with E-state index in [0.29, 0.717) is 13.1 Å². The van der Waals surface area contributed by atoms with E-state index in [1.165, 1.54) is 24.3 Å². The summed E-state index contributed by atoms with van der Waals surface area (Å²) in [6.45, 7) is 1.15. The molecule has 7 nitrogen and oxygen atoms in total. The molecule has 0 spiro atoms.